The minimum atomic E-state index is -0.893. The van der Waals surface area contributed by atoms with Crippen molar-refractivity contribution in [3.05, 3.63) is 52.1 Å². The molecule has 1 aliphatic rings. The number of hydrogen-bond acceptors (Lipinski definition) is 7. The van der Waals surface area contributed by atoms with Crippen LogP contribution in [0.5, 0.6) is 0 Å². The highest BCUT2D eigenvalue weighted by atomic mass is 19.1. The number of aromatic amines is 1. The van der Waals surface area contributed by atoms with Crippen molar-refractivity contribution in [2.24, 2.45) is 5.73 Å². The number of ether oxygens (including phenoxy) is 2. The standard InChI is InChI=1S/C27H36FN5O5/c1-5-32(6-2)11-10-30-25(34)24-17(3)22(31-18(24)4)16-21-20-15-19(28)7-8-23(20)33(26(21)35)27(36)38-14-13-37-12-9-29/h7-8,15-16,31H,5-6,9-14,29H2,1-4H3,(H,30,34)/b21-16-. The molecule has 3 rings (SSSR count). The molecule has 38 heavy (non-hydrogen) atoms. The summed E-state index contributed by atoms with van der Waals surface area (Å²) in [6, 6.07) is 3.73. The number of benzene rings is 1. The Morgan fingerprint density at radius 2 is 1.92 bits per heavy atom. The number of nitrogens with zero attached hydrogens (tertiary/aromatic N) is 2. The van der Waals surface area contributed by atoms with E-state index < -0.39 is 17.8 Å². The molecule has 0 spiro atoms. The molecule has 0 unspecified atom stereocenters. The number of fused-ring (bicyclic) bond motifs is 1. The topological polar surface area (TPSA) is 130 Å². The number of nitrogens with two attached hydrogens (primary N) is 1. The van der Waals surface area contributed by atoms with Gasteiger partial charge in [-0.1, -0.05) is 13.8 Å². The molecule has 0 fully saturated rings. The summed E-state index contributed by atoms with van der Waals surface area (Å²) in [5, 5.41) is 2.95. The second kappa shape index (κ2) is 13.3. The smallest absolute Gasteiger partial charge is 0.421 e. The van der Waals surface area contributed by atoms with E-state index in [2.05, 4.69) is 29.0 Å². The predicted molar refractivity (Wildman–Crippen MR) is 143 cm³/mol. The molecular formula is C27H36FN5O5. The van der Waals surface area contributed by atoms with Crippen LogP contribution in [0.1, 0.15) is 46.7 Å². The first-order chi connectivity index (χ1) is 18.2. The summed E-state index contributed by atoms with van der Waals surface area (Å²) < 4.78 is 24.6. The number of likely N-dealkylation sites (N-methyl/N-ethyl adjacent to an activating group) is 1. The number of carbonyl (C=O) groups excluding carboxylic acids is 3. The third-order valence-electron chi connectivity index (χ3n) is 6.42. The zero-order valence-electron chi connectivity index (χ0n) is 22.4. The monoisotopic (exact) mass is 529 g/mol. The lowest BCUT2D eigenvalue weighted by atomic mass is 10.0. The van der Waals surface area contributed by atoms with Gasteiger partial charge in [0.1, 0.15) is 12.4 Å². The van der Waals surface area contributed by atoms with Gasteiger partial charge in [-0.15, -0.1) is 0 Å². The number of aromatic nitrogens is 1. The van der Waals surface area contributed by atoms with Crippen molar-refractivity contribution in [2.75, 3.05) is 57.4 Å². The summed E-state index contributed by atoms with van der Waals surface area (Å²) in [5.41, 5.74) is 8.20. The fourth-order valence-electron chi connectivity index (χ4n) is 4.38. The van der Waals surface area contributed by atoms with Crippen LogP contribution in [0.4, 0.5) is 14.9 Å². The third-order valence-corrected chi connectivity index (χ3v) is 6.42. The molecule has 2 aromatic rings. The second-order valence-corrected chi connectivity index (χ2v) is 8.82. The maximum Gasteiger partial charge on any atom is 0.421 e. The first kappa shape index (κ1) is 29.0. The van der Waals surface area contributed by atoms with Gasteiger partial charge < -0.3 is 30.4 Å². The number of anilines is 1. The molecule has 1 aliphatic heterocycles. The largest absolute Gasteiger partial charge is 0.446 e. The Morgan fingerprint density at radius 3 is 2.61 bits per heavy atom. The van der Waals surface area contributed by atoms with Gasteiger partial charge in [0.05, 0.1) is 30.0 Å². The molecule has 0 bridgehead atoms. The van der Waals surface area contributed by atoms with E-state index in [0.29, 0.717) is 42.2 Å². The lowest BCUT2D eigenvalue weighted by molar-refractivity contribution is -0.112. The van der Waals surface area contributed by atoms with Crippen molar-refractivity contribution in [3.63, 3.8) is 0 Å². The van der Waals surface area contributed by atoms with E-state index in [0.717, 1.165) is 24.5 Å². The van der Waals surface area contributed by atoms with Crippen molar-refractivity contribution in [1.29, 1.82) is 0 Å². The van der Waals surface area contributed by atoms with Crippen LogP contribution < -0.4 is 16.0 Å². The zero-order chi connectivity index (χ0) is 27.8. The predicted octanol–water partition coefficient (Wildman–Crippen LogP) is 2.84. The Morgan fingerprint density at radius 1 is 1.18 bits per heavy atom. The Kier molecular flexibility index (Phi) is 10.2. The lowest BCUT2D eigenvalue weighted by Crippen LogP contribution is -2.35. The van der Waals surface area contributed by atoms with Crippen LogP contribution in [0.3, 0.4) is 0 Å². The molecule has 0 saturated carbocycles. The van der Waals surface area contributed by atoms with Crippen LogP contribution in [0, 0.1) is 19.7 Å². The maximum atomic E-state index is 14.2. The molecule has 11 heteroatoms. The maximum absolute atomic E-state index is 14.2. The van der Waals surface area contributed by atoms with Crippen LogP contribution in [0.15, 0.2) is 18.2 Å². The van der Waals surface area contributed by atoms with Crippen molar-refractivity contribution in [2.45, 2.75) is 27.7 Å². The number of aryl methyl sites for hydroxylation is 1. The van der Waals surface area contributed by atoms with Gasteiger partial charge in [0.2, 0.25) is 0 Å². The number of rotatable bonds is 12. The molecule has 0 radical (unpaired) electrons. The third kappa shape index (κ3) is 6.47. The first-order valence-electron chi connectivity index (χ1n) is 12.7. The van der Waals surface area contributed by atoms with Crippen LogP contribution in [-0.2, 0) is 14.3 Å². The van der Waals surface area contributed by atoms with Gasteiger partial charge in [0, 0.05) is 36.6 Å². The number of carbonyl (C=O) groups is 3. The zero-order valence-corrected chi connectivity index (χ0v) is 22.4. The fraction of sp³-hybridized carbons (Fsp3) is 0.444. The Bertz CT molecular complexity index is 1200. The van der Waals surface area contributed by atoms with Gasteiger partial charge in [-0.25, -0.2) is 14.1 Å². The Balaban J connectivity index is 1.84. The summed E-state index contributed by atoms with van der Waals surface area (Å²) in [4.78, 5) is 45.3. The summed E-state index contributed by atoms with van der Waals surface area (Å²) in [6.45, 7) is 11.4. The Labute approximate surface area is 221 Å². The molecule has 4 N–H and O–H groups in total. The molecular weight excluding hydrogens is 493 g/mol. The number of nitrogens with one attached hydrogen (secondary N) is 2. The second-order valence-electron chi connectivity index (χ2n) is 8.82. The van der Waals surface area contributed by atoms with Crippen LogP contribution in [0.25, 0.3) is 11.6 Å². The van der Waals surface area contributed by atoms with Gasteiger partial charge in [-0.05, 0) is 56.8 Å². The normalized spacial score (nSPS) is 13.9. The highest BCUT2D eigenvalue weighted by Crippen LogP contribution is 2.39. The van der Waals surface area contributed by atoms with Gasteiger partial charge in [-0.3, -0.25) is 9.59 Å². The van der Waals surface area contributed by atoms with E-state index in [9.17, 15) is 18.8 Å². The van der Waals surface area contributed by atoms with E-state index in [4.69, 9.17) is 15.2 Å². The van der Waals surface area contributed by atoms with Gasteiger partial charge in [0.25, 0.3) is 11.8 Å². The van der Waals surface area contributed by atoms with E-state index in [1.165, 1.54) is 24.3 Å². The summed E-state index contributed by atoms with van der Waals surface area (Å²) in [6.07, 6.45) is 0.642. The quantitative estimate of drug-likeness (QED) is 0.285. The van der Waals surface area contributed by atoms with Crippen molar-refractivity contribution in [1.82, 2.24) is 15.2 Å². The van der Waals surface area contributed by atoms with Crippen molar-refractivity contribution < 1.29 is 28.2 Å². The van der Waals surface area contributed by atoms with Crippen molar-refractivity contribution in [3.8, 4) is 0 Å². The molecule has 10 nitrogen and oxygen atoms in total. The number of amides is 3. The molecule has 1 aromatic heterocycles. The average molecular weight is 530 g/mol. The fourth-order valence-corrected chi connectivity index (χ4v) is 4.38. The molecule has 206 valence electrons. The minimum absolute atomic E-state index is 0.0696. The summed E-state index contributed by atoms with van der Waals surface area (Å²) in [5.74, 6) is -1.44. The van der Waals surface area contributed by atoms with E-state index >= 15 is 0 Å². The van der Waals surface area contributed by atoms with Crippen molar-refractivity contribution >= 4 is 35.2 Å². The first-order valence-corrected chi connectivity index (χ1v) is 12.7. The average Bonchev–Trinajstić information content (AvgIpc) is 3.33. The molecule has 2 heterocycles. The molecule has 3 amide bonds. The van der Waals surface area contributed by atoms with Crippen LogP contribution in [-0.4, -0.2) is 80.3 Å². The van der Waals surface area contributed by atoms with E-state index in [1.54, 1.807) is 13.8 Å². The molecule has 0 saturated heterocycles. The highest BCUT2D eigenvalue weighted by Gasteiger charge is 2.38. The van der Waals surface area contributed by atoms with Crippen LogP contribution in [0.2, 0.25) is 0 Å². The number of halogens is 1. The van der Waals surface area contributed by atoms with Gasteiger partial charge in [-0.2, -0.15) is 0 Å². The van der Waals surface area contributed by atoms with Gasteiger partial charge in [0.15, 0.2) is 0 Å². The lowest BCUT2D eigenvalue weighted by Gasteiger charge is -2.18. The van der Waals surface area contributed by atoms with E-state index in [1.807, 2.05) is 0 Å². The molecule has 0 aliphatic carbocycles. The summed E-state index contributed by atoms with van der Waals surface area (Å²) >= 11 is 0. The molecule has 1 aromatic carbocycles. The molecule has 0 atom stereocenters. The number of hydrogen-bond donors (Lipinski definition) is 3. The number of H-pyrrole nitrogens is 1. The summed E-state index contributed by atoms with van der Waals surface area (Å²) in [7, 11) is 0. The van der Waals surface area contributed by atoms with E-state index in [-0.39, 0.29) is 35.9 Å². The van der Waals surface area contributed by atoms with Gasteiger partial charge >= 0.3 is 6.09 Å². The highest BCUT2D eigenvalue weighted by molar-refractivity contribution is 6.41. The minimum Gasteiger partial charge on any atom is -0.446 e. The SMILES string of the molecule is CCN(CC)CCNC(=O)c1c(C)[nH]c(/C=C2\C(=O)N(C(=O)OCCOCCN)c3ccc(F)cc32)c1C. The number of imide groups is 1. The van der Waals surface area contributed by atoms with Crippen LogP contribution >= 0.6 is 0 Å². The Hall–Kier alpha value is -3.54.